The minimum Gasteiger partial charge on any atom is -0.441 e. The first-order valence-electron chi connectivity index (χ1n) is 9.42. The molecule has 0 aliphatic carbocycles. The number of nitrogens with one attached hydrogen (secondary N) is 2. The molecule has 0 fully saturated rings. The van der Waals surface area contributed by atoms with Gasteiger partial charge in [0.1, 0.15) is 0 Å². The lowest BCUT2D eigenvalue weighted by molar-refractivity contribution is -0.116. The van der Waals surface area contributed by atoms with Crippen molar-refractivity contribution in [3.63, 3.8) is 0 Å². The van der Waals surface area contributed by atoms with Gasteiger partial charge in [-0.1, -0.05) is 11.6 Å². The second-order valence-electron chi connectivity index (χ2n) is 6.64. The van der Waals surface area contributed by atoms with Gasteiger partial charge < -0.3 is 9.73 Å². The summed E-state index contributed by atoms with van der Waals surface area (Å²) in [5.41, 5.74) is 1.33. The lowest BCUT2D eigenvalue weighted by Crippen LogP contribution is -2.14. The number of halogens is 1. The Balaban J connectivity index is 1.31. The summed E-state index contributed by atoms with van der Waals surface area (Å²) in [5.74, 6) is 0.799. The van der Waals surface area contributed by atoms with Crippen molar-refractivity contribution in [2.45, 2.75) is 17.7 Å². The maximum Gasteiger partial charge on any atom is 0.263 e. The number of aryl methyl sites for hydroxylation is 1. The van der Waals surface area contributed by atoms with Crippen LogP contribution < -0.4 is 10.0 Å². The molecule has 2 N–H and O–H groups in total. The number of hydrogen-bond donors (Lipinski definition) is 2. The fourth-order valence-electron chi connectivity index (χ4n) is 2.78. The van der Waals surface area contributed by atoms with E-state index in [1.165, 1.54) is 41.8 Å². The van der Waals surface area contributed by atoms with Crippen LogP contribution in [0.2, 0.25) is 5.02 Å². The van der Waals surface area contributed by atoms with Gasteiger partial charge in [0.05, 0.1) is 11.1 Å². The molecule has 4 aromatic rings. The third-order valence-corrected chi connectivity index (χ3v) is 6.78. The molecule has 2 heterocycles. The Morgan fingerprint density at radius 1 is 1.06 bits per heavy atom. The average molecular weight is 489 g/mol. The van der Waals surface area contributed by atoms with Crippen LogP contribution in [0, 0.1) is 0 Å². The second kappa shape index (κ2) is 9.51. The first-order valence-corrected chi connectivity index (χ1v) is 12.2. The SMILES string of the molecule is O=C(CCc1ncc(-c2ccc(Cl)cc2)o1)Nc1ccc(S(=O)(=O)Nc2nccs2)cc1. The van der Waals surface area contributed by atoms with E-state index >= 15 is 0 Å². The summed E-state index contributed by atoms with van der Waals surface area (Å²) in [7, 11) is -3.74. The van der Waals surface area contributed by atoms with Crippen molar-refractivity contribution in [2.24, 2.45) is 0 Å². The van der Waals surface area contributed by atoms with Crippen LogP contribution in [-0.4, -0.2) is 24.3 Å². The van der Waals surface area contributed by atoms with E-state index in [-0.39, 0.29) is 22.4 Å². The van der Waals surface area contributed by atoms with E-state index in [4.69, 9.17) is 16.0 Å². The number of rotatable bonds is 8. The number of oxazole rings is 1. The molecule has 32 heavy (non-hydrogen) atoms. The molecule has 0 saturated heterocycles. The van der Waals surface area contributed by atoms with Crippen molar-refractivity contribution >= 4 is 49.7 Å². The smallest absolute Gasteiger partial charge is 0.263 e. The van der Waals surface area contributed by atoms with Gasteiger partial charge in [-0.3, -0.25) is 9.52 Å². The van der Waals surface area contributed by atoms with Gasteiger partial charge in [-0.05, 0) is 48.5 Å². The largest absolute Gasteiger partial charge is 0.441 e. The van der Waals surface area contributed by atoms with Crippen LogP contribution in [0.25, 0.3) is 11.3 Å². The predicted molar refractivity (Wildman–Crippen MR) is 123 cm³/mol. The Morgan fingerprint density at radius 2 is 1.81 bits per heavy atom. The maximum atomic E-state index is 12.4. The number of nitrogens with zero attached hydrogens (tertiary/aromatic N) is 2. The highest BCUT2D eigenvalue weighted by Crippen LogP contribution is 2.23. The number of hydrogen-bond acceptors (Lipinski definition) is 7. The highest BCUT2D eigenvalue weighted by Gasteiger charge is 2.16. The first-order chi connectivity index (χ1) is 15.4. The summed E-state index contributed by atoms with van der Waals surface area (Å²) in [6.07, 6.45) is 3.60. The Labute approximate surface area is 193 Å². The molecule has 0 radical (unpaired) electrons. The van der Waals surface area contributed by atoms with Crippen LogP contribution >= 0.6 is 22.9 Å². The summed E-state index contributed by atoms with van der Waals surface area (Å²) in [6, 6.07) is 13.1. The van der Waals surface area contributed by atoms with Gasteiger partial charge in [0, 0.05) is 40.7 Å². The molecule has 164 valence electrons. The summed E-state index contributed by atoms with van der Waals surface area (Å²) in [5, 5.41) is 5.32. The van der Waals surface area contributed by atoms with Crippen LogP contribution in [0.5, 0.6) is 0 Å². The molecule has 2 aromatic heterocycles. The van der Waals surface area contributed by atoms with Gasteiger partial charge in [0.2, 0.25) is 5.91 Å². The van der Waals surface area contributed by atoms with Crippen LogP contribution in [0.4, 0.5) is 10.8 Å². The molecule has 8 nitrogen and oxygen atoms in total. The maximum absolute atomic E-state index is 12.4. The van der Waals surface area contributed by atoms with Crippen LogP contribution in [0.15, 0.2) is 75.6 Å². The molecule has 2 aromatic carbocycles. The molecule has 0 aliphatic rings. The average Bonchev–Trinajstić information content (AvgIpc) is 3.45. The topological polar surface area (TPSA) is 114 Å². The van der Waals surface area contributed by atoms with Crippen molar-refractivity contribution in [1.29, 1.82) is 0 Å². The third-order valence-electron chi connectivity index (χ3n) is 4.35. The van der Waals surface area contributed by atoms with Gasteiger partial charge in [-0.2, -0.15) is 0 Å². The number of sulfonamides is 1. The first kappa shape index (κ1) is 22.0. The molecule has 4 rings (SSSR count). The van der Waals surface area contributed by atoms with E-state index in [1.54, 1.807) is 23.7 Å². The van der Waals surface area contributed by atoms with Gasteiger partial charge in [0.25, 0.3) is 10.0 Å². The van der Waals surface area contributed by atoms with Gasteiger partial charge in [-0.15, -0.1) is 11.3 Å². The predicted octanol–water partition coefficient (Wildman–Crippen LogP) is 4.82. The lowest BCUT2D eigenvalue weighted by atomic mass is 10.2. The van der Waals surface area contributed by atoms with Crippen LogP contribution in [-0.2, 0) is 21.2 Å². The molecule has 0 saturated carbocycles. The lowest BCUT2D eigenvalue weighted by Gasteiger charge is -2.07. The highest BCUT2D eigenvalue weighted by atomic mass is 35.5. The standard InChI is InChI=1S/C21H17ClN4O4S2/c22-15-3-1-14(2-4-15)18-13-24-20(30-18)10-9-19(27)25-16-5-7-17(8-6-16)32(28,29)26-21-23-11-12-31-21/h1-8,11-13H,9-10H2,(H,23,26)(H,25,27). The molecule has 11 heteroatoms. The van der Waals surface area contributed by atoms with Crippen molar-refractivity contribution in [3.05, 3.63) is 77.2 Å². The quantitative estimate of drug-likeness (QED) is 0.367. The van der Waals surface area contributed by atoms with E-state index in [0.717, 1.165) is 5.56 Å². The number of benzene rings is 2. The zero-order chi connectivity index (χ0) is 22.6. The molecule has 0 unspecified atom stereocenters. The summed E-state index contributed by atoms with van der Waals surface area (Å²) >= 11 is 7.07. The van der Waals surface area contributed by atoms with Gasteiger partial charge in [-0.25, -0.2) is 18.4 Å². The highest BCUT2D eigenvalue weighted by molar-refractivity contribution is 7.93. The van der Waals surface area contributed by atoms with Crippen LogP contribution in [0.1, 0.15) is 12.3 Å². The van der Waals surface area contributed by atoms with Crippen LogP contribution in [0.3, 0.4) is 0 Å². The third kappa shape index (κ3) is 5.52. The Bertz CT molecular complexity index is 1300. The number of carbonyl (C=O) groups is 1. The van der Waals surface area contributed by atoms with Crippen molar-refractivity contribution in [2.75, 3.05) is 10.0 Å². The molecule has 0 aliphatic heterocycles. The van der Waals surface area contributed by atoms with Crippen molar-refractivity contribution < 1.29 is 17.6 Å². The molecular weight excluding hydrogens is 472 g/mol. The van der Waals surface area contributed by atoms with E-state index in [9.17, 15) is 13.2 Å². The molecule has 0 atom stereocenters. The van der Waals surface area contributed by atoms with Gasteiger partial charge >= 0.3 is 0 Å². The molecule has 1 amide bonds. The normalized spacial score (nSPS) is 11.3. The zero-order valence-corrected chi connectivity index (χ0v) is 18.9. The number of anilines is 2. The van der Waals surface area contributed by atoms with E-state index in [2.05, 4.69) is 20.0 Å². The van der Waals surface area contributed by atoms with E-state index in [0.29, 0.717) is 28.8 Å². The molecule has 0 spiro atoms. The van der Waals surface area contributed by atoms with E-state index < -0.39 is 10.0 Å². The molecular formula is C21H17ClN4O4S2. The fourth-order valence-corrected chi connectivity index (χ4v) is 4.70. The summed E-state index contributed by atoms with van der Waals surface area (Å²) in [6.45, 7) is 0. The van der Waals surface area contributed by atoms with Gasteiger partial charge in [0.15, 0.2) is 16.8 Å². The Morgan fingerprint density at radius 3 is 2.50 bits per heavy atom. The summed E-state index contributed by atoms with van der Waals surface area (Å²) < 4.78 is 32.8. The van der Waals surface area contributed by atoms with E-state index in [1.807, 2.05) is 12.1 Å². The van der Waals surface area contributed by atoms with Crippen molar-refractivity contribution in [3.8, 4) is 11.3 Å². The fraction of sp³-hybridized carbons (Fsp3) is 0.0952. The summed E-state index contributed by atoms with van der Waals surface area (Å²) in [4.78, 5) is 20.4. The second-order valence-corrected chi connectivity index (χ2v) is 9.65. The Hall–Kier alpha value is -3.21. The molecule has 0 bridgehead atoms. The Kier molecular flexibility index (Phi) is 6.54. The number of amides is 1. The number of carbonyl (C=O) groups excluding carboxylic acids is 1. The minimum absolute atomic E-state index is 0.0696. The zero-order valence-electron chi connectivity index (χ0n) is 16.5. The minimum atomic E-state index is -3.74. The number of thiazole rings is 1. The monoisotopic (exact) mass is 488 g/mol. The van der Waals surface area contributed by atoms with Crippen molar-refractivity contribution in [1.82, 2.24) is 9.97 Å². The number of aromatic nitrogens is 2.